The van der Waals surface area contributed by atoms with E-state index in [0.717, 1.165) is 53.2 Å². The van der Waals surface area contributed by atoms with Gasteiger partial charge in [-0.3, -0.25) is 9.89 Å². The molecule has 8 heteroatoms. The molecule has 0 unspecified atom stereocenters. The van der Waals surface area contributed by atoms with Crippen LogP contribution >= 0.6 is 0 Å². The Balaban J connectivity index is 1.62. The minimum atomic E-state index is -0.879. The molecule has 0 spiro atoms. The summed E-state index contributed by atoms with van der Waals surface area (Å²) in [5.41, 5.74) is 4.76. The number of carboxylic acid groups (broad SMARTS) is 1. The SMILES string of the molecule is O=C(O)[C@H]1CC[C@@H](c2c(C3CCOCC3)n(-c3ccc(F)c(F)c3)c3cc4cn[nH]c4cc32)CC1. The van der Waals surface area contributed by atoms with Gasteiger partial charge in [-0.25, -0.2) is 8.78 Å². The molecule has 0 amide bonds. The zero-order chi connectivity index (χ0) is 24.1. The lowest BCUT2D eigenvalue weighted by molar-refractivity contribution is -0.142. The minimum Gasteiger partial charge on any atom is -0.481 e. The largest absolute Gasteiger partial charge is 0.481 e. The molecule has 35 heavy (non-hydrogen) atoms. The summed E-state index contributed by atoms with van der Waals surface area (Å²) in [5.74, 6) is -2.39. The van der Waals surface area contributed by atoms with E-state index in [1.54, 1.807) is 12.3 Å². The summed E-state index contributed by atoms with van der Waals surface area (Å²) in [6.45, 7) is 1.31. The third kappa shape index (κ3) is 3.80. The second kappa shape index (κ2) is 8.75. The number of H-pyrrole nitrogens is 1. The van der Waals surface area contributed by atoms with E-state index in [1.807, 2.05) is 0 Å². The van der Waals surface area contributed by atoms with Crippen LogP contribution in [0.15, 0.2) is 36.5 Å². The summed E-state index contributed by atoms with van der Waals surface area (Å²) in [5, 5.41) is 18.8. The maximum absolute atomic E-state index is 14.4. The van der Waals surface area contributed by atoms with Crippen molar-refractivity contribution >= 4 is 27.8 Å². The fourth-order valence-electron chi connectivity index (χ4n) is 6.10. The van der Waals surface area contributed by atoms with Gasteiger partial charge in [-0.15, -0.1) is 0 Å². The molecule has 4 aromatic rings. The molecular weight excluding hydrogens is 452 g/mol. The van der Waals surface area contributed by atoms with Crippen molar-refractivity contribution in [1.82, 2.24) is 14.8 Å². The molecule has 6 rings (SSSR count). The molecule has 2 fully saturated rings. The number of benzene rings is 2. The summed E-state index contributed by atoms with van der Waals surface area (Å²) >= 11 is 0. The van der Waals surface area contributed by atoms with Crippen molar-refractivity contribution < 1.29 is 23.4 Å². The number of aliphatic carboxylic acids is 1. The average Bonchev–Trinajstić information content (AvgIpc) is 3.46. The van der Waals surface area contributed by atoms with E-state index in [1.165, 1.54) is 17.7 Å². The number of hydrogen-bond donors (Lipinski definition) is 2. The van der Waals surface area contributed by atoms with Gasteiger partial charge >= 0.3 is 5.97 Å². The molecule has 1 aliphatic heterocycles. The number of carboxylic acids is 1. The number of halogens is 2. The molecule has 2 aliphatic rings. The second-order valence-corrected chi connectivity index (χ2v) is 9.83. The van der Waals surface area contributed by atoms with Crippen LogP contribution in [0.3, 0.4) is 0 Å². The summed E-state index contributed by atoms with van der Waals surface area (Å²) < 4.78 is 36.1. The number of fused-ring (bicyclic) bond motifs is 2. The summed E-state index contributed by atoms with van der Waals surface area (Å²) in [6.07, 6.45) is 6.29. The lowest BCUT2D eigenvalue weighted by Gasteiger charge is -2.30. The molecule has 1 aliphatic carbocycles. The molecule has 0 atom stereocenters. The van der Waals surface area contributed by atoms with Gasteiger partial charge in [0, 0.05) is 47.4 Å². The van der Waals surface area contributed by atoms with Crippen LogP contribution in [0, 0.1) is 17.6 Å². The third-order valence-electron chi connectivity index (χ3n) is 7.86. The van der Waals surface area contributed by atoms with Gasteiger partial charge in [-0.1, -0.05) is 0 Å². The lowest BCUT2D eigenvalue weighted by atomic mass is 9.76. The van der Waals surface area contributed by atoms with Gasteiger partial charge in [0.05, 0.1) is 23.1 Å². The van der Waals surface area contributed by atoms with E-state index < -0.39 is 17.6 Å². The van der Waals surface area contributed by atoms with Crippen molar-refractivity contribution in [3.8, 4) is 5.69 Å². The van der Waals surface area contributed by atoms with Gasteiger partial charge in [0.15, 0.2) is 11.6 Å². The van der Waals surface area contributed by atoms with Crippen LogP contribution in [-0.2, 0) is 9.53 Å². The van der Waals surface area contributed by atoms with Crippen molar-refractivity contribution in [3.05, 3.63) is 59.4 Å². The molecule has 182 valence electrons. The number of ether oxygens (including phenoxy) is 1. The Morgan fingerprint density at radius 3 is 2.49 bits per heavy atom. The van der Waals surface area contributed by atoms with E-state index in [2.05, 4.69) is 26.9 Å². The van der Waals surface area contributed by atoms with Crippen molar-refractivity contribution in [2.24, 2.45) is 5.92 Å². The summed E-state index contributed by atoms with van der Waals surface area (Å²) in [6, 6.07) is 8.24. The van der Waals surface area contributed by atoms with Gasteiger partial charge in [0.25, 0.3) is 0 Å². The Kier molecular flexibility index (Phi) is 5.56. The molecule has 0 radical (unpaired) electrons. The van der Waals surface area contributed by atoms with Gasteiger partial charge in [-0.2, -0.15) is 5.10 Å². The molecule has 6 nitrogen and oxygen atoms in total. The van der Waals surface area contributed by atoms with E-state index in [9.17, 15) is 18.7 Å². The Bertz CT molecular complexity index is 1410. The molecule has 1 saturated heterocycles. The highest BCUT2D eigenvalue weighted by atomic mass is 19.2. The Hall–Kier alpha value is -3.26. The minimum absolute atomic E-state index is 0.192. The molecule has 0 bridgehead atoms. The maximum Gasteiger partial charge on any atom is 0.306 e. The van der Waals surface area contributed by atoms with Crippen LogP contribution < -0.4 is 0 Å². The van der Waals surface area contributed by atoms with Gasteiger partial charge in [0.1, 0.15) is 0 Å². The second-order valence-electron chi connectivity index (χ2n) is 9.83. The number of hydrogen-bond acceptors (Lipinski definition) is 3. The first-order valence-electron chi connectivity index (χ1n) is 12.3. The Morgan fingerprint density at radius 2 is 1.77 bits per heavy atom. The van der Waals surface area contributed by atoms with Crippen molar-refractivity contribution in [1.29, 1.82) is 0 Å². The molecule has 2 aromatic carbocycles. The maximum atomic E-state index is 14.4. The van der Waals surface area contributed by atoms with Crippen molar-refractivity contribution in [3.63, 3.8) is 0 Å². The zero-order valence-electron chi connectivity index (χ0n) is 19.3. The van der Waals surface area contributed by atoms with E-state index in [-0.39, 0.29) is 17.8 Å². The highest BCUT2D eigenvalue weighted by Gasteiger charge is 2.34. The molecular formula is C27H27F2N3O3. The number of nitrogens with zero attached hydrogens (tertiary/aromatic N) is 2. The smallest absolute Gasteiger partial charge is 0.306 e. The van der Waals surface area contributed by atoms with E-state index >= 15 is 0 Å². The summed E-state index contributed by atoms with van der Waals surface area (Å²) in [7, 11) is 0. The zero-order valence-corrected chi connectivity index (χ0v) is 19.3. The van der Waals surface area contributed by atoms with Gasteiger partial charge in [0.2, 0.25) is 0 Å². The van der Waals surface area contributed by atoms with Gasteiger partial charge < -0.3 is 14.4 Å². The fourth-order valence-corrected chi connectivity index (χ4v) is 6.10. The highest BCUT2D eigenvalue weighted by Crippen LogP contribution is 2.47. The first kappa shape index (κ1) is 22.2. The lowest BCUT2D eigenvalue weighted by Crippen LogP contribution is -2.23. The topological polar surface area (TPSA) is 80.1 Å². The van der Waals surface area contributed by atoms with Crippen LogP contribution in [0.4, 0.5) is 8.78 Å². The predicted molar refractivity (Wildman–Crippen MR) is 128 cm³/mol. The third-order valence-corrected chi connectivity index (χ3v) is 7.86. The number of nitrogens with one attached hydrogen (secondary N) is 1. The van der Waals surface area contributed by atoms with Gasteiger partial charge in [-0.05, 0) is 74.3 Å². The monoisotopic (exact) mass is 479 g/mol. The Labute approximate surface area is 200 Å². The number of aromatic amines is 1. The van der Waals surface area contributed by atoms with Crippen LogP contribution in [0.5, 0.6) is 0 Å². The molecule has 2 aromatic heterocycles. The number of rotatable bonds is 4. The quantitative estimate of drug-likeness (QED) is 0.374. The summed E-state index contributed by atoms with van der Waals surface area (Å²) in [4.78, 5) is 11.6. The fraction of sp³-hybridized carbons (Fsp3) is 0.407. The molecule has 2 N–H and O–H groups in total. The predicted octanol–water partition coefficient (Wildman–Crippen LogP) is 6.04. The van der Waals surface area contributed by atoms with Crippen molar-refractivity contribution in [2.75, 3.05) is 13.2 Å². The van der Waals surface area contributed by atoms with E-state index in [0.29, 0.717) is 31.7 Å². The van der Waals surface area contributed by atoms with Crippen molar-refractivity contribution in [2.45, 2.75) is 50.4 Å². The normalized spacial score (nSPS) is 21.7. The Morgan fingerprint density at radius 1 is 1.00 bits per heavy atom. The first-order valence-corrected chi connectivity index (χ1v) is 12.3. The highest BCUT2D eigenvalue weighted by molar-refractivity contribution is 5.99. The molecule has 3 heterocycles. The van der Waals surface area contributed by atoms with Crippen LogP contribution in [0.25, 0.3) is 27.5 Å². The standard InChI is InChI=1S/C27H27F2N3O3/c28-21-6-5-19(12-22(21)29)32-24-11-18-14-30-31-23(18)13-20(24)25(26(32)16-7-9-35-10-8-16)15-1-3-17(4-2-15)27(33)34/h5-6,11-17H,1-4,7-10H2,(H,30,31)(H,33,34)/t15-,17+. The molecule has 1 saturated carbocycles. The van der Waals surface area contributed by atoms with E-state index in [4.69, 9.17) is 4.74 Å². The van der Waals surface area contributed by atoms with Crippen LogP contribution in [0.2, 0.25) is 0 Å². The van der Waals surface area contributed by atoms with Crippen LogP contribution in [0.1, 0.15) is 61.6 Å². The van der Waals surface area contributed by atoms with Crippen LogP contribution in [-0.4, -0.2) is 39.1 Å². The number of carbonyl (C=O) groups is 1. The first-order chi connectivity index (χ1) is 17.0. The number of aromatic nitrogens is 3. The average molecular weight is 480 g/mol.